The van der Waals surface area contributed by atoms with Crippen LogP contribution >= 0.6 is 11.8 Å². The Labute approximate surface area is 112 Å². The van der Waals surface area contributed by atoms with Gasteiger partial charge in [0.15, 0.2) is 5.82 Å². The van der Waals surface area contributed by atoms with Gasteiger partial charge in [-0.15, -0.1) is 0 Å². The molecule has 18 heavy (non-hydrogen) atoms. The predicted octanol–water partition coefficient (Wildman–Crippen LogP) is 1.46. The molecule has 0 bridgehead atoms. The van der Waals surface area contributed by atoms with Crippen molar-refractivity contribution < 1.29 is 4.52 Å². The maximum Gasteiger partial charge on any atom is 0.226 e. The Bertz CT molecular complexity index is 369. The van der Waals surface area contributed by atoms with Crippen molar-refractivity contribution in [1.29, 1.82) is 0 Å². The molecule has 1 aliphatic heterocycles. The molecule has 0 saturated carbocycles. The third-order valence-corrected chi connectivity index (χ3v) is 4.25. The van der Waals surface area contributed by atoms with Gasteiger partial charge in [0.1, 0.15) is 0 Å². The first-order valence-electron chi connectivity index (χ1n) is 6.53. The lowest BCUT2D eigenvalue weighted by atomic mass is 10.1. The van der Waals surface area contributed by atoms with Gasteiger partial charge >= 0.3 is 0 Å². The summed E-state index contributed by atoms with van der Waals surface area (Å²) in [6.07, 6.45) is 2.84. The molecule has 102 valence electrons. The highest BCUT2D eigenvalue weighted by atomic mass is 32.2. The molecule has 2 N–H and O–H groups in total. The SMILES string of the molecule is CC(N)CCCc1nc(C2CSCCN2C)no1. The van der Waals surface area contributed by atoms with Crippen molar-refractivity contribution in [1.82, 2.24) is 15.0 Å². The first-order valence-corrected chi connectivity index (χ1v) is 7.68. The lowest BCUT2D eigenvalue weighted by molar-refractivity contribution is 0.256. The van der Waals surface area contributed by atoms with Gasteiger partial charge in [-0.3, -0.25) is 4.90 Å². The predicted molar refractivity (Wildman–Crippen MR) is 73.6 cm³/mol. The van der Waals surface area contributed by atoms with Gasteiger partial charge in [0.05, 0.1) is 6.04 Å². The van der Waals surface area contributed by atoms with Crippen molar-refractivity contribution >= 4 is 11.8 Å². The van der Waals surface area contributed by atoms with Gasteiger partial charge < -0.3 is 10.3 Å². The second-order valence-electron chi connectivity index (χ2n) is 4.99. The normalized spacial score (nSPS) is 23.2. The molecule has 2 rings (SSSR count). The summed E-state index contributed by atoms with van der Waals surface area (Å²) in [5.41, 5.74) is 5.72. The van der Waals surface area contributed by atoms with E-state index in [9.17, 15) is 0 Å². The van der Waals surface area contributed by atoms with Crippen molar-refractivity contribution in [3.63, 3.8) is 0 Å². The second kappa shape index (κ2) is 6.54. The maximum absolute atomic E-state index is 5.72. The fourth-order valence-corrected chi connectivity index (χ4v) is 3.25. The fraction of sp³-hybridized carbons (Fsp3) is 0.833. The summed E-state index contributed by atoms with van der Waals surface area (Å²) >= 11 is 1.95. The Morgan fingerprint density at radius 3 is 3.17 bits per heavy atom. The summed E-state index contributed by atoms with van der Waals surface area (Å²) in [4.78, 5) is 6.81. The quantitative estimate of drug-likeness (QED) is 0.873. The van der Waals surface area contributed by atoms with Gasteiger partial charge in [-0.25, -0.2) is 0 Å². The molecule has 1 fully saturated rings. The minimum absolute atomic E-state index is 0.244. The van der Waals surface area contributed by atoms with E-state index < -0.39 is 0 Å². The van der Waals surface area contributed by atoms with Crippen LogP contribution in [0.3, 0.4) is 0 Å². The first-order chi connectivity index (χ1) is 8.66. The van der Waals surface area contributed by atoms with Crippen LogP contribution in [0.4, 0.5) is 0 Å². The lowest BCUT2D eigenvalue weighted by Crippen LogP contribution is -2.33. The summed E-state index contributed by atoms with van der Waals surface area (Å²) in [6, 6.07) is 0.544. The second-order valence-corrected chi connectivity index (χ2v) is 6.14. The largest absolute Gasteiger partial charge is 0.339 e. The van der Waals surface area contributed by atoms with Gasteiger partial charge in [0, 0.05) is 30.5 Å². The zero-order chi connectivity index (χ0) is 13.0. The van der Waals surface area contributed by atoms with Crippen LogP contribution in [0.1, 0.15) is 37.5 Å². The zero-order valence-electron chi connectivity index (χ0n) is 11.1. The molecule has 2 unspecified atom stereocenters. The van der Waals surface area contributed by atoms with Crippen molar-refractivity contribution in [2.45, 2.75) is 38.3 Å². The van der Waals surface area contributed by atoms with E-state index in [-0.39, 0.29) is 6.04 Å². The molecule has 1 aromatic heterocycles. The molecule has 0 aromatic carbocycles. The van der Waals surface area contributed by atoms with Gasteiger partial charge in [-0.1, -0.05) is 5.16 Å². The Morgan fingerprint density at radius 2 is 2.44 bits per heavy atom. The summed E-state index contributed by atoms with van der Waals surface area (Å²) < 4.78 is 5.31. The van der Waals surface area contributed by atoms with Crippen LogP contribution in [0.5, 0.6) is 0 Å². The Hall–Kier alpha value is -0.590. The van der Waals surface area contributed by atoms with E-state index in [0.29, 0.717) is 6.04 Å². The molecular formula is C12H22N4OS. The van der Waals surface area contributed by atoms with E-state index in [1.165, 1.54) is 5.75 Å². The summed E-state index contributed by atoms with van der Waals surface area (Å²) in [7, 11) is 2.12. The van der Waals surface area contributed by atoms with E-state index in [4.69, 9.17) is 10.3 Å². The van der Waals surface area contributed by atoms with Gasteiger partial charge in [0.25, 0.3) is 0 Å². The Kier molecular flexibility index (Phi) is 5.03. The van der Waals surface area contributed by atoms with E-state index in [2.05, 4.69) is 22.1 Å². The molecule has 0 spiro atoms. The van der Waals surface area contributed by atoms with Crippen LogP contribution in [0.25, 0.3) is 0 Å². The van der Waals surface area contributed by atoms with Crippen LogP contribution in [-0.4, -0.2) is 46.2 Å². The molecule has 5 nitrogen and oxygen atoms in total. The van der Waals surface area contributed by atoms with Crippen molar-refractivity contribution in [2.24, 2.45) is 5.73 Å². The number of thioether (sulfide) groups is 1. The molecule has 1 aromatic rings. The van der Waals surface area contributed by atoms with Crippen LogP contribution in [-0.2, 0) is 6.42 Å². The minimum Gasteiger partial charge on any atom is -0.339 e. The molecule has 0 amide bonds. The first kappa shape index (κ1) is 13.8. The number of aryl methyl sites for hydroxylation is 1. The number of rotatable bonds is 5. The lowest BCUT2D eigenvalue weighted by Gasteiger charge is -2.29. The number of nitrogens with zero attached hydrogens (tertiary/aromatic N) is 3. The van der Waals surface area contributed by atoms with Crippen LogP contribution in [0.15, 0.2) is 4.52 Å². The van der Waals surface area contributed by atoms with E-state index in [1.807, 2.05) is 18.7 Å². The number of nitrogens with two attached hydrogens (primary N) is 1. The van der Waals surface area contributed by atoms with Crippen LogP contribution in [0.2, 0.25) is 0 Å². The molecular weight excluding hydrogens is 248 g/mol. The molecule has 6 heteroatoms. The monoisotopic (exact) mass is 270 g/mol. The Morgan fingerprint density at radius 1 is 1.61 bits per heavy atom. The summed E-state index contributed by atoms with van der Waals surface area (Å²) in [5.74, 6) is 3.82. The van der Waals surface area contributed by atoms with E-state index in [1.54, 1.807) is 0 Å². The van der Waals surface area contributed by atoms with Crippen molar-refractivity contribution in [3.8, 4) is 0 Å². The molecule has 0 aliphatic carbocycles. The topological polar surface area (TPSA) is 68.2 Å². The van der Waals surface area contributed by atoms with Crippen LogP contribution < -0.4 is 5.73 Å². The highest BCUT2D eigenvalue weighted by Gasteiger charge is 2.25. The smallest absolute Gasteiger partial charge is 0.226 e. The fourth-order valence-electron chi connectivity index (χ4n) is 2.04. The zero-order valence-corrected chi connectivity index (χ0v) is 11.9. The third-order valence-electron chi connectivity index (χ3n) is 3.23. The minimum atomic E-state index is 0.244. The Balaban J connectivity index is 1.88. The van der Waals surface area contributed by atoms with E-state index in [0.717, 1.165) is 43.3 Å². The third kappa shape index (κ3) is 3.70. The number of aromatic nitrogens is 2. The van der Waals surface area contributed by atoms with Crippen LogP contribution in [0, 0.1) is 0 Å². The highest BCUT2D eigenvalue weighted by Crippen LogP contribution is 2.26. The summed E-state index contributed by atoms with van der Waals surface area (Å²) in [5, 5.41) is 4.12. The highest BCUT2D eigenvalue weighted by molar-refractivity contribution is 7.99. The van der Waals surface area contributed by atoms with Crippen molar-refractivity contribution in [2.75, 3.05) is 25.1 Å². The average Bonchev–Trinajstić information content (AvgIpc) is 2.78. The van der Waals surface area contributed by atoms with Gasteiger partial charge in [-0.2, -0.15) is 16.7 Å². The molecule has 0 radical (unpaired) electrons. The summed E-state index contributed by atoms with van der Waals surface area (Å²) in [6.45, 7) is 3.11. The molecule has 2 atom stereocenters. The molecule has 2 heterocycles. The van der Waals surface area contributed by atoms with Crippen molar-refractivity contribution in [3.05, 3.63) is 11.7 Å². The number of hydrogen-bond acceptors (Lipinski definition) is 6. The van der Waals surface area contributed by atoms with Gasteiger partial charge in [-0.05, 0) is 26.8 Å². The van der Waals surface area contributed by atoms with Gasteiger partial charge in [0.2, 0.25) is 5.89 Å². The molecule has 1 aliphatic rings. The average molecular weight is 270 g/mol. The van der Waals surface area contributed by atoms with E-state index >= 15 is 0 Å². The maximum atomic E-state index is 5.72. The molecule has 1 saturated heterocycles. The standard InChI is InChI=1S/C12H22N4OS/c1-9(13)4-3-5-11-14-12(15-17-11)10-8-18-7-6-16(10)2/h9-10H,3-8,13H2,1-2H3. The number of hydrogen-bond donors (Lipinski definition) is 1.